The van der Waals surface area contributed by atoms with Crippen LogP contribution in [0.3, 0.4) is 0 Å². The highest BCUT2D eigenvalue weighted by Gasteiger charge is 2.21. The molecule has 1 heterocycles. The predicted molar refractivity (Wildman–Crippen MR) is 77.9 cm³/mol. The Bertz CT molecular complexity index is 571. The van der Waals surface area contributed by atoms with Crippen molar-refractivity contribution in [1.82, 2.24) is 10.6 Å². The van der Waals surface area contributed by atoms with Gasteiger partial charge in [0.25, 0.3) is 0 Å². The Labute approximate surface area is 124 Å². The van der Waals surface area contributed by atoms with E-state index in [2.05, 4.69) is 10.6 Å². The van der Waals surface area contributed by atoms with E-state index in [4.69, 9.17) is 5.14 Å². The van der Waals surface area contributed by atoms with E-state index in [0.29, 0.717) is 12.1 Å². The van der Waals surface area contributed by atoms with Gasteiger partial charge in [-0.05, 0) is 37.1 Å². The molecule has 1 saturated heterocycles. The van der Waals surface area contributed by atoms with Crippen LogP contribution in [-0.4, -0.2) is 26.9 Å². The number of carbonyl (C=O) groups excluding carboxylic acids is 1. The Kier molecular flexibility index (Phi) is 5.94. The number of benzene rings is 1. The number of amides is 1. The van der Waals surface area contributed by atoms with Gasteiger partial charge in [0.1, 0.15) is 0 Å². The molecule has 1 aliphatic heterocycles. The van der Waals surface area contributed by atoms with Gasteiger partial charge in [0.05, 0.1) is 10.9 Å². The number of nitrogens with one attached hydrogen (secondary N) is 2. The van der Waals surface area contributed by atoms with Gasteiger partial charge in [-0.1, -0.05) is 12.1 Å². The van der Waals surface area contributed by atoms with Crippen molar-refractivity contribution in [2.45, 2.75) is 30.3 Å². The Balaban J connectivity index is 0.00000200. The number of rotatable bonds is 4. The lowest BCUT2D eigenvalue weighted by molar-refractivity contribution is -0.122. The molecule has 112 valence electrons. The summed E-state index contributed by atoms with van der Waals surface area (Å²) >= 11 is 0. The molecular formula is C12H18ClN3O3S. The van der Waals surface area contributed by atoms with Crippen LogP contribution in [0.4, 0.5) is 0 Å². The lowest BCUT2D eigenvalue weighted by Gasteiger charge is -2.11. The maximum absolute atomic E-state index is 11.8. The van der Waals surface area contributed by atoms with Gasteiger partial charge in [-0.25, -0.2) is 13.6 Å². The second-order valence-electron chi connectivity index (χ2n) is 4.56. The second-order valence-corrected chi connectivity index (χ2v) is 6.12. The zero-order valence-corrected chi connectivity index (χ0v) is 12.5. The van der Waals surface area contributed by atoms with Crippen LogP contribution >= 0.6 is 12.4 Å². The summed E-state index contributed by atoms with van der Waals surface area (Å²) in [6, 6.07) is 6.12. The normalized spacial score (nSPS) is 18.4. The van der Waals surface area contributed by atoms with Gasteiger partial charge in [0.15, 0.2) is 0 Å². The van der Waals surface area contributed by atoms with Crippen LogP contribution in [0, 0.1) is 0 Å². The summed E-state index contributed by atoms with van der Waals surface area (Å²) in [7, 11) is -3.70. The number of sulfonamides is 1. The first-order valence-electron chi connectivity index (χ1n) is 6.09. The summed E-state index contributed by atoms with van der Waals surface area (Å²) in [5.41, 5.74) is 0.706. The van der Waals surface area contributed by atoms with E-state index < -0.39 is 10.0 Å². The summed E-state index contributed by atoms with van der Waals surface area (Å²) in [5.74, 6) is -0.0569. The van der Waals surface area contributed by atoms with Crippen LogP contribution in [0.1, 0.15) is 18.4 Å². The predicted octanol–water partition coefficient (Wildman–Crippen LogP) is 0.124. The fourth-order valence-electron chi connectivity index (χ4n) is 2.05. The average Bonchev–Trinajstić information content (AvgIpc) is 2.89. The minimum atomic E-state index is -3.70. The van der Waals surface area contributed by atoms with Crippen molar-refractivity contribution in [2.24, 2.45) is 5.14 Å². The molecular weight excluding hydrogens is 302 g/mol. The lowest BCUT2D eigenvalue weighted by Crippen LogP contribution is -2.40. The number of primary sulfonamides is 1. The zero-order chi connectivity index (χ0) is 13.9. The van der Waals surface area contributed by atoms with Crippen LogP contribution in [0.25, 0.3) is 0 Å². The summed E-state index contributed by atoms with van der Waals surface area (Å²) in [6.45, 7) is 1.15. The van der Waals surface area contributed by atoms with E-state index in [-0.39, 0.29) is 29.3 Å². The lowest BCUT2D eigenvalue weighted by atomic mass is 10.2. The summed E-state index contributed by atoms with van der Waals surface area (Å²) in [5, 5.41) is 10.9. The zero-order valence-electron chi connectivity index (χ0n) is 10.8. The quantitative estimate of drug-likeness (QED) is 0.734. The molecule has 0 aromatic heterocycles. The van der Waals surface area contributed by atoms with Gasteiger partial charge in [-0.2, -0.15) is 0 Å². The molecule has 20 heavy (non-hydrogen) atoms. The molecule has 1 aromatic carbocycles. The van der Waals surface area contributed by atoms with Gasteiger partial charge in [-0.3, -0.25) is 4.79 Å². The molecule has 1 fully saturated rings. The third kappa shape index (κ3) is 4.45. The SMILES string of the molecule is Cl.NS(=O)(=O)c1cccc(CNC(=O)C2CCCN2)c1. The van der Waals surface area contributed by atoms with Crippen molar-refractivity contribution in [3.05, 3.63) is 29.8 Å². The number of hydrogen-bond donors (Lipinski definition) is 3. The monoisotopic (exact) mass is 319 g/mol. The Morgan fingerprint density at radius 2 is 2.20 bits per heavy atom. The third-order valence-corrected chi connectivity index (χ3v) is 3.98. The fourth-order valence-corrected chi connectivity index (χ4v) is 2.64. The molecule has 4 N–H and O–H groups in total. The van der Waals surface area contributed by atoms with Crippen molar-refractivity contribution in [2.75, 3.05) is 6.54 Å². The minimum Gasteiger partial charge on any atom is -0.351 e. The number of carbonyl (C=O) groups is 1. The first-order chi connectivity index (χ1) is 8.97. The molecule has 0 bridgehead atoms. The maximum Gasteiger partial charge on any atom is 0.238 e. The van der Waals surface area contributed by atoms with E-state index in [0.717, 1.165) is 19.4 Å². The highest BCUT2D eigenvalue weighted by atomic mass is 35.5. The molecule has 0 spiro atoms. The van der Waals surface area contributed by atoms with Crippen LogP contribution < -0.4 is 15.8 Å². The van der Waals surface area contributed by atoms with E-state index in [9.17, 15) is 13.2 Å². The van der Waals surface area contributed by atoms with Crippen molar-refractivity contribution < 1.29 is 13.2 Å². The first kappa shape index (κ1) is 16.9. The molecule has 0 aliphatic carbocycles. The van der Waals surface area contributed by atoms with Crippen LogP contribution in [-0.2, 0) is 21.4 Å². The molecule has 1 atom stereocenters. The topological polar surface area (TPSA) is 101 Å². The van der Waals surface area contributed by atoms with Gasteiger partial charge in [-0.15, -0.1) is 12.4 Å². The van der Waals surface area contributed by atoms with Crippen LogP contribution in [0.5, 0.6) is 0 Å². The number of hydrogen-bond acceptors (Lipinski definition) is 4. The Morgan fingerprint density at radius 3 is 2.80 bits per heavy atom. The fraction of sp³-hybridized carbons (Fsp3) is 0.417. The highest BCUT2D eigenvalue weighted by Crippen LogP contribution is 2.10. The third-order valence-electron chi connectivity index (χ3n) is 3.07. The largest absolute Gasteiger partial charge is 0.351 e. The molecule has 1 aromatic rings. The standard InChI is InChI=1S/C12H17N3O3S.ClH/c13-19(17,18)10-4-1-3-9(7-10)8-15-12(16)11-5-2-6-14-11;/h1,3-4,7,11,14H,2,5-6,8H2,(H,15,16)(H2,13,17,18);1H. The minimum absolute atomic E-state index is 0. The van der Waals surface area contributed by atoms with E-state index >= 15 is 0 Å². The van der Waals surface area contributed by atoms with Crippen LogP contribution in [0.15, 0.2) is 29.2 Å². The molecule has 0 saturated carbocycles. The summed E-state index contributed by atoms with van der Waals surface area (Å²) < 4.78 is 22.4. The Morgan fingerprint density at radius 1 is 1.45 bits per heavy atom. The first-order valence-corrected chi connectivity index (χ1v) is 7.64. The molecule has 8 heteroatoms. The van der Waals surface area contributed by atoms with Crippen molar-refractivity contribution in [3.63, 3.8) is 0 Å². The Hall–Kier alpha value is -1.15. The van der Waals surface area contributed by atoms with E-state index in [1.165, 1.54) is 12.1 Å². The van der Waals surface area contributed by atoms with Gasteiger partial charge in [0, 0.05) is 6.54 Å². The second kappa shape index (κ2) is 7.03. The molecule has 0 radical (unpaired) electrons. The number of nitrogens with two attached hydrogens (primary N) is 1. The molecule has 1 aliphatic rings. The number of halogens is 1. The summed E-state index contributed by atoms with van der Waals surface area (Å²) in [6.07, 6.45) is 1.84. The van der Waals surface area contributed by atoms with Gasteiger partial charge < -0.3 is 10.6 Å². The molecule has 1 unspecified atom stereocenters. The van der Waals surface area contributed by atoms with Crippen LogP contribution in [0.2, 0.25) is 0 Å². The molecule has 6 nitrogen and oxygen atoms in total. The maximum atomic E-state index is 11.8. The van der Waals surface area contributed by atoms with Crippen molar-refractivity contribution >= 4 is 28.3 Å². The van der Waals surface area contributed by atoms with E-state index in [1.807, 2.05) is 0 Å². The van der Waals surface area contributed by atoms with Crippen molar-refractivity contribution in [1.29, 1.82) is 0 Å². The van der Waals surface area contributed by atoms with Crippen molar-refractivity contribution in [3.8, 4) is 0 Å². The average molecular weight is 320 g/mol. The smallest absolute Gasteiger partial charge is 0.238 e. The van der Waals surface area contributed by atoms with Gasteiger partial charge in [0.2, 0.25) is 15.9 Å². The van der Waals surface area contributed by atoms with Gasteiger partial charge >= 0.3 is 0 Å². The molecule has 2 rings (SSSR count). The highest BCUT2D eigenvalue weighted by molar-refractivity contribution is 7.89. The molecule has 1 amide bonds. The van der Waals surface area contributed by atoms with E-state index in [1.54, 1.807) is 12.1 Å². The summed E-state index contributed by atoms with van der Waals surface area (Å²) in [4.78, 5) is 11.8.